The van der Waals surface area contributed by atoms with Crippen molar-refractivity contribution in [3.63, 3.8) is 0 Å². The number of nitrogens with two attached hydrogens (primary N) is 1. The Morgan fingerprint density at radius 2 is 2.19 bits per heavy atom. The number of rotatable bonds is 3. The number of hydrogen-bond acceptors (Lipinski definition) is 2. The molecule has 0 saturated heterocycles. The number of hydrogen-bond donors (Lipinski definition) is 2. The molecule has 1 saturated carbocycles. The second-order valence-corrected chi connectivity index (χ2v) is 4.83. The number of aryl methyl sites for hydroxylation is 1. The Kier molecular flexibility index (Phi) is 3.00. The van der Waals surface area contributed by atoms with Crippen molar-refractivity contribution in [2.24, 2.45) is 11.1 Å². The van der Waals surface area contributed by atoms with Gasteiger partial charge >= 0.3 is 0 Å². The van der Waals surface area contributed by atoms with Crippen LogP contribution in [0.5, 0.6) is 0 Å². The van der Waals surface area contributed by atoms with Crippen LogP contribution in [0.25, 0.3) is 0 Å². The van der Waals surface area contributed by atoms with Crippen LogP contribution in [-0.2, 0) is 0 Å². The molecule has 1 atom stereocenters. The number of benzene rings is 1. The molecule has 1 aliphatic carbocycles. The maximum Gasteiger partial charge on any atom is 0.126 e. The van der Waals surface area contributed by atoms with Gasteiger partial charge in [0.05, 0.1) is 6.10 Å². The van der Waals surface area contributed by atoms with E-state index >= 15 is 0 Å². The first-order valence-corrected chi connectivity index (χ1v) is 5.73. The molecule has 3 N–H and O–H groups in total. The van der Waals surface area contributed by atoms with Crippen LogP contribution in [0.4, 0.5) is 4.39 Å². The highest BCUT2D eigenvalue weighted by atomic mass is 19.1. The van der Waals surface area contributed by atoms with Gasteiger partial charge in [0.1, 0.15) is 5.82 Å². The van der Waals surface area contributed by atoms with Gasteiger partial charge in [-0.1, -0.05) is 18.6 Å². The Labute approximate surface area is 95.3 Å². The monoisotopic (exact) mass is 223 g/mol. The minimum absolute atomic E-state index is 0.176. The summed E-state index contributed by atoms with van der Waals surface area (Å²) in [5.74, 6) is -0.230. The lowest BCUT2D eigenvalue weighted by Gasteiger charge is -2.45. The van der Waals surface area contributed by atoms with Crippen molar-refractivity contribution in [3.05, 3.63) is 35.1 Å². The second-order valence-electron chi connectivity index (χ2n) is 4.83. The van der Waals surface area contributed by atoms with Crippen molar-refractivity contribution in [1.82, 2.24) is 0 Å². The number of aliphatic hydroxyl groups is 1. The van der Waals surface area contributed by atoms with Crippen molar-refractivity contribution in [2.45, 2.75) is 32.3 Å². The van der Waals surface area contributed by atoms with Crippen LogP contribution in [0.2, 0.25) is 0 Å². The lowest BCUT2D eigenvalue weighted by molar-refractivity contribution is -0.0297. The predicted molar refractivity (Wildman–Crippen MR) is 61.4 cm³/mol. The molecule has 2 nitrogen and oxygen atoms in total. The molecule has 0 spiro atoms. The molecule has 1 aromatic rings. The fraction of sp³-hybridized carbons (Fsp3) is 0.538. The van der Waals surface area contributed by atoms with E-state index in [2.05, 4.69) is 0 Å². The fourth-order valence-electron chi connectivity index (χ4n) is 2.41. The van der Waals surface area contributed by atoms with E-state index in [0.29, 0.717) is 12.1 Å². The van der Waals surface area contributed by atoms with Crippen molar-refractivity contribution in [2.75, 3.05) is 6.54 Å². The molecule has 1 aliphatic rings. The van der Waals surface area contributed by atoms with Crippen LogP contribution in [-0.4, -0.2) is 11.7 Å². The molecule has 88 valence electrons. The quantitative estimate of drug-likeness (QED) is 0.826. The summed E-state index contributed by atoms with van der Waals surface area (Å²) in [5.41, 5.74) is 6.92. The zero-order valence-corrected chi connectivity index (χ0v) is 9.54. The van der Waals surface area contributed by atoms with E-state index in [4.69, 9.17) is 5.73 Å². The SMILES string of the molecule is Cc1cc(C(O)C2(CN)CCC2)ccc1F. The summed E-state index contributed by atoms with van der Waals surface area (Å²) in [5, 5.41) is 10.3. The van der Waals surface area contributed by atoms with Gasteiger partial charge in [-0.3, -0.25) is 0 Å². The molecule has 1 aromatic carbocycles. The molecule has 3 heteroatoms. The van der Waals surface area contributed by atoms with Crippen molar-refractivity contribution in [1.29, 1.82) is 0 Å². The first-order chi connectivity index (χ1) is 7.59. The van der Waals surface area contributed by atoms with E-state index in [0.717, 1.165) is 24.8 Å². The van der Waals surface area contributed by atoms with Crippen molar-refractivity contribution < 1.29 is 9.50 Å². The minimum atomic E-state index is -0.564. The van der Waals surface area contributed by atoms with Gasteiger partial charge in [-0.15, -0.1) is 0 Å². The first kappa shape index (κ1) is 11.6. The van der Waals surface area contributed by atoms with E-state index in [-0.39, 0.29) is 11.2 Å². The maximum absolute atomic E-state index is 13.1. The average molecular weight is 223 g/mol. The third-order valence-corrected chi connectivity index (χ3v) is 3.83. The molecule has 16 heavy (non-hydrogen) atoms. The van der Waals surface area contributed by atoms with Crippen LogP contribution in [0.1, 0.15) is 36.5 Å². The summed E-state index contributed by atoms with van der Waals surface area (Å²) < 4.78 is 13.1. The molecular formula is C13H18FNO. The topological polar surface area (TPSA) is 46.2 Å². The molecule has 1 unspecified atom stereocenters. The largest absolute Gasteiger partial charge is 0.388 e. The predicted octanol–water partition coefficient (Wildman–Crippen LogP) is 2.30. The lowest BCUT2D eigenvalue weighted by Crippen LogP contribution is -2.42. The van der Waals surface area contributed by atoms with Gasteiger partial charge in [0.25, 0.3) is 0 Å². The van der Waals surface area contributed by atoms with Crippen LogP contribution < -0.4 is 5.73 Å². The van der Waals surface area contributed by atoms with Crippen molar-refractivity contribution in [3.8, 4) is 0 Å². The Balaban J connectivity index is 2.26. The summed E-state index contributed by atoms with van der Waals surface area (Å²) in [6.07, 6.45) is 2.47. The summed E-state index contributed by atoms with van der Waals surface area (Å²) in [6, 6.07) is 4.79. The van der Waals surface area contributed by atoms with Gasteiger partial charge < -0.3 is 10.8 Å². The molecule has 2 rings (SSSR count). The molecular weight excluding hydrogens is 205 g/mol. The summed E-state index contributed by atoms with van der Waals surface area (Å²) >= 11 is 0. The average Bonchev–Trinajstić information content (AvgIpc) is 2.21. The zero-order chi connectivity index (χ0) is 11.8. The Hall–Kier alpha value is -0.930. The minimum Gasteiger partial charge on any atom is -0.388 e. The number of aliphatic hydroxyl groups excluding tert-OH is 1. The first-order valence-electron chi connectivity index (χ1n) is 5.73. The van der Waals surface area contributed by atoms with Gasteiger partial charge in [-0.2, -0.15) is 0 Å². The van der Waals surface area contributed by atoms with Gasteiger partial charge in [-0.05, 0) is 37.0 Å². The van der Waals surface area contributed by atoms with Gasteiger partial charge in [0.2, 0.25) is 0 Å². The highest BCUT2D eigenvalue weighted by molar-refractivity contribution is 5.27. The summed E-state index contributed by atoms with van der Waals surface area (Å²) in [6.45, 7) is 2.20. The Morgan fingerprint density at radius 3 is 2.62 bits per heavy atom. The molecule has 0 bridgehead atoms. The van der Waals surface area contributed by atoms with E-state index < -0.39 is 6.10 Å². The standard InChI is InChI=1S/C13H18FNO/c1-9-7-10(3-4-11(9)14)12(16)13(8-15)5-2-6-13/h3-4,7,12,16H,2,5-6,8,15H2,1H3. The molecule has 0 radical (unpaired) electrons. The second kappa shape index (κ2) is 4.15. The summed E-state index contributed by atoms with van der Waals surface area (Å²) in [7, 11) is 0. The van der Waals surface area contributed by atoms with E-state index in [1.54, 1.807) is 19.1 Å². The Morgan fingerprint density at radius 1 is 1.50 bits per heavy atom. The van der Waals surface area contributed by atoms with E-state index in [1.165, 1.54) is 6.07 Å². The van der Waals surface area contributed by atoms with Crippen molar-refractivity contribution >= 4 is 0 Å². The Bertz CT molecular complexity index is 382. The smallest absolute Gasteiger partial charge is 0.126 e. The third kappa shape index (κ3) is 1.74. The van der Waals surface area contributed by atoms with E-state index in [1.807, 2.05) is 0 Å². The van der Waals surface area contributed by atoms with Crippen LogP contribution in [0.3, 0.4) is 0 Å². The van der Waals surface area contributed by atoms with Gasteiger partial charge in [0, 0.05) is 12.0 Å². The zero-order valence-electron chi connectivity index (χ0n) is 9.54. The number of halogens is 1. The maximum atomic E-state index is 13.1. The normalized spacial score (nSPS) is 20.2. The van der Waals surface area contributed by atoms with Gasteiger partial charge in [-0.25, -0.2) is 4.39 Å². The third-order valence-electron chi connectivity index (χ3n) is 3.83. The molecule has 0 aromatic heterocycles. The fourth-order valence-corrected chi connectivity index (χ4v) is 2.41. The lowest BCUT2D eigenvalue weighted by atomic mass is 9.63. The van der Waals surface area contributed by atoms with Gasteiger partial charge in [0.15, 0.2) is 0 Å². The van der Waals surface area contributed by atoms with Crippen LogP contribution >= 0.6 is 0 Å². The van der Waals surface area contributed by atoms with Crippen LogP contribution in [0, 0.1) is 18.2 Å². The molecule has 1 fully saturated rings. The molecule has 0 amide bonds. The summed E-state index contributed by atoms with van der Waals surface area (Å²) in [4.78, 5) is 0. The highest BCUT2D eigenvalue weighted by Gasteiger charge is 2.42. The highest BCUT2D eigenvalue weighted by Crippen LogP contribution is 2.49. The van der Waals surface area contributed by atoms with E-state index in [9.17, 15) is 9.50 Å². The molecule has 0 aliphatic heterocycles. The van der Waals surface area contributed by atoms with Crippen LogP contribution in [0.15, 0.2) is 18.2 Å². The molecule has 0 heterocycles.